The van der Waals surface area contributed by atoms with Crippen LogP contribution in [0.1, 0.15) is 21.8 Å². The minimum atomic E-state index is -0.293. The lowest BCUT2D eigenvalue weighted by atomic mass is 10.1. The molecule has 0 fully saturated rings. The van der Waals surface area contributed by atoms with Crippen molar-refractivity contribution in [2.75, 3.05) is 0 Å². The van der Waals surface area contributed by atoms with Gasteiger partial charge < -0.3 is 8.98 Å². The summed E-state index contributed by atoms with van der Waals surface area (Å²) in [6.45, 7) is 2.07. The zero-order chi connectivity index (χ0) is 24.2. The van der Waals surface area contributed by atoms with Crippen molar-refractivity contribution in [2.24, 2.45) is 5.10 Å². The third-order valence-electron chi connectivity index (χ3n) is 5.63. The van der Waals surface area contributed by atoms with Crippen LogP contribution < -0.4 is 5.43 Å². The van der Waals surface area contributed by atoms with Crippen LogP contribution in [-0.4, -0.2) is 16.7 Å². The Balaban J connectivity index is 1.27. The second kappa shape index (κ2) is 9.99. The number of carbonyl (C=O) groups is 1. The van der Waals surface area contributed by atoms with Crippen molar-refractivity contribution >= 4 is 28.1 Å². The van der Waals surface area contributed by atoms with E-state index in [1.165, 1.54) is 6.21 Å². The Labute approximate surface area is 211 Å². The van der Waals surface area contributed by atoms with Gasteiger partial charge in [0.2, 0.25) is 0 Å². The van der Waals surface area contributed by atoms with E-state index in [9.17, 15) is 4.79 Å². The van der Waals surface area contributed by atoms with Gasteiger partial charge in [0.05, 0.1) is 11.9 Å². The Morgan fingerprint density at radius 1 is 0.886 bits per heavy atom. The summed E-state index contributed by atoms with van der Waals surface area (Å²) in [4.78, 5) is 12.6. The first-order chi connectivity index (χ1) is 17.1. The number of aryl methyl sites for hydroxylation is 1. The van der Waals surface area contributed by atoms with E-state index in [0.29, 0.717) is 11.3 Å². The molecule has 5 aromatic rings. The lowest BCUT2D eigenvalue weighted by Gasteiger charge is -2.12. The van der Waals surface area contributed by atoms with E-state index in [4.69, 9.17) is 4.42 Å². The van der Waals surface area contributed by atoms with Gasteiger partial charge >= 0.3 is 0 Å². The number of benzene rings is 3. The Morgan fingerprint density at radius 3 is 2.43 bits per heavy atom. The van der Waals surface area contributed by atoms with E-state index in [2.05, 4.69) is 62.2 Å². The first kappa shape index (κ1) is 22.6. The summed E-state index contributed by atoms with van der Waals surface area (Å²) >= 11 is 3.46. The number of halogens is 1. The van der Waals surface area contributed by atoms with Crippen molar-refractivity contribution in [3.63, 3.8) is 0 Å². The van der Waals surface area contributed by atoms with Gasteiger partial charge in [0.15, 0.2) is 0 Å². The topological polar surface area (TPSA) is 59.5 Å². The Morgan fingerprint density at radius 2 is 1.66 bits per heavy atom. The molecule has 35 heavy (non-hydrogen) atoms. The number of carbonyl (C=O) groups excluding carboxylic acids is 1. The number of furan rings is 1. The molecule has 0 saturated heterocycles. The molecule has 5 rings (SSSR count). The maximum Gasteiger partial charge on any atom is 0.271 e. The standard InChI is InChI=1S/C29H22BrN3O2/c1-20-10-16-27(21-6-3-2-4-7-21)33(20)25-13-11-22(12-14-25)29(34)32-31-19-26-15-17-28(35-26)23-8-5-9-24(30)18-23/h2-19H,1H3,(H,32,34)/b31-19+. The van der Waals surface area contributed by atoms with Gasteiger partial charge in [-0.3, -0.25) is 4.79 Å². The van der Waals surface area contributed by atoms with Crippen LogP contribution in [0.2, 0.25) is 0 Å². The smallest absolute Gasteiger partial charge is 0.271 e. The maximum absolute atomic E-state index is 12.6. The van der Waals surface area contributed by atoms with E-state index in [1.54, 1.807) is 12.1 Å². The molecule has 0 saturated carbocycles. The maximum atomic E-state index is 12.6. The lowest BCUT2D eigenvalue weighted by molar-refractivity contribution is 0.0955. The van der Waals surface area contributed by atoms with E-state index < -0.39 is 0 Å². The van der Waals surface area contributed by atoms with Crippen molar-refractivity contribution in [1.29, 1.82) is 0 Å². The van der Waals surface area contributed by atoms with Crippen molar-refractivity contribution in [1.82, 2.24) is 9.99 Å². The highest BCUT2D eigenvalue weighted by molar-refractivity contribution is 9.10. The minimum absolute atomic E-state index is 0.293. The van der Waals surface area contributed by atoms with E-state index in [0.717, 1.165) is 38.4 Å². The van der Waals surface area contributed by atoms with Gasteiger partial charge in [0.1, 0.15) is 11.5 Å². The number of nitrogens with zero attached hydrogens (tertiary/aromatic N) is 2. The fourth-order valence-corrected chi connectivity index (χ4v) is 4.31. The first-order valence-corrected chi connectivity index (χ1v) is 11.9. The molecule has 0 unspecified atom stereocenters. The lowest BCUT2D eigenvalue weighted by Crippen LogP contribution is -2.17. The summed E-state index contributed by atoms with van der Waals surface area (Å²) in [6, 6.07) is 33.4. The summed E-state index contributed by atoms with van der Waals surface area (Å²) in [5, 5.41) is 4.05. The Kier molecular flexibility index (Phi) is 6.46. The molecule has 2 heterocycles. The number of hydrogen-bond acceptors (Lipinski definition) is 3. The van der Waals surface area contributed by atoms with Crippen LogP contribution in [0.4, 0.5) is 0 Å². The van der Waals surface area contributed by atoms with E-state index in [1.807, 2.05) is 66.7 Å². The highest BCUT2D eigenvalue weighted by Crippen LogP contribution is 2.27. The fraction of sp³-hybridized carbons (Fsp3) is 0.0345. The van der Waals surface area contributed by atoms with Crippen LogP contribution in [0, 0.1) is 6.92 Å². The quantitative estimate of drug-likeness (QED) is 0.188. The molecule has 0 atom stereocenters. The molecular weight excluding hydrogens is 502 g/mol. The van der Waals surface area contributed by atoms with Crippen LogP contribution in [0.5, 0.6) is 0 Å². The normalized spacial score (nSPS) is 11.1. The van der Waals surface area contributed by atoms with Crippen LogP contribution in [-0.2, 0) is 0 Å². The summed E-state index contributed by atoms with van der Waals surface area (Å²) < 4.78 is 8.95. The number of rotatable bonds is 6. The molecule has 0 radical (unpaired) electrons. The second-order valence-corrected chi connectivity index (χ2v) is 8.94. The second-order valence-electron chi connectivity index (χ2n) is 8.02. The number of nitrogens with one attached hydrogen (secondary N) is 1. The molecule has 0 bridgehead atoms. The number of aromatic nitrogens is 1. The summed E-state index contributed by atoms with van der Waals surface area (Å²) in [5.74, 6) is 0.982. The summed E-state index contributed by atoms with van der Waals surface area (Å²) in [6.07, 6.45) is 1.49. The zero-order valence-electron chi connectivity index (χ0n) is 19.0. The molecule has 0 aliphatic carbocycles. The van der Waals surface area contributed by atoms with Gasteiger partial charge in [-0.15, -0.1) is 0 Å². The van der Waals surface area contributed by atoms with Crippen LogP contribution in [0.15, 0.2) is 117 Å². The Bertz CT molecular complexity index is 1500. The highest BCUT2D eigenvalue weighted by Gasteiger charge is 2.11. The molecule has 6 heteroatoms. The van der Waals surface area contributed by atoms with Crippen molar-refractivity contribution in [2.45, 2.75) is 6.92 Å². The molecule has 1 N–H and O–H groups in total. The number of amides is 1. The van der Waals surface area contributed by atoms with Gasteiger partial charge in [0.25, 0.3) is 5.91 Å². The molecule has 1 amide bonds. The molecule has 3 aromatic carbocycles. The summed E-state index contributed by atoms with van der Waals surface area (Å²) in [7, 11) is 0. The van der Waals surface area contributed by atoms with Crippen molar-refractivity contribution < 1.29 is 9.21 Å². The van der Waals surface area contributed by atoms with Crippen LogP contribution in [0.3, 0.4) is 0 Å². The fourth-order valence-electron chi connectivity index (χ4n) is 3.92. The highest BCUT2D eigenvalue weighted by atomic mass is 79.9. The minimum Gasteiger partial charge on any atom is -0.455 e. The number of hydrogen-bond donors (Lipinski definition) is 1. The molecule has 0 spiro atoms. The third-order valence-corrected chi connectivity index (χ3v) is 6.12. The van der Waals surface area contributed by atoms with Gasteiger partial charge in [-0.05, 0) is 73.2 Å². The first-order valence-electron chi connectivity index (χ1n) is 11.1. The number of hydrazone groups is 1. The van der Waals surface area contributed by atoms with E-state index >= 15 is 0 Å². The van der Waals surface area contributed by atoms with Gasteiger partial charge in [0, 0.05) is 27.0 Å². The van der Waals surface area contributed by atoms with Gasteiger partial charge in [-0.2, -0.15) is 5.10 Å². The average Bonchev–Trinajstić information content (AvgIpc) is 3.51. The Hall–Kier alpha value is -4.16. The third kappa shape index (κ3) is 5.03. The van der Waals surface area contributed by atoms with Crippen LogP contribution in [0.25, 0.3) is 28.3 Å². The predicted octanol–water partition coefficient (Wildman–Crippen LogP) is 7.24. The molecule has 172 valence electrons. The molecule has 5 nitrogen and oxygen atoms in total. The van der Waals surface area contributed by atoms with E-state index in [-0.39, 0.29) is 5.91 Å². The average molecular weight is 524 g/mol. The van der Waals surface area contributed by atoms with Crippen molar-refractivity contribution in [3.8, 4) is 28.3 Å². The SMILES string of the molecule is Cc1ccc(-c2ccccc2)n1-c1ccc(C(=O)N/N=C/c2ccc(-c3cccc(Br)c3)o2)cc1. The van der Waals surface area contributed by atoms with Gasteiger partial charge in [-0.25, -0.2) is 5.43 Å². The van der Waals surface area contributed by atoms with Crippen LogP contribution >= 0.6 is 15.9 Å². The summed E-state index contributed by atoms with van der Waals surface area (Å²) in [5.41, 5.74) is 8.38. The van der Waals surface area contributed by atoms with Gasteiger partial charge in [-0.1, -0.05) is 58.4 Å². The zero-order valence-corrected chi connectivity index (χ0v) is 20.6. The largest absolute Gasteiger partial charge is 0.455 e. The monoisotopic (exact) mass is 523 g/mol. The van der Waals surface area contributed by atoms with Crippen molar-refractivity contribution in [3.05, 3.63) is 125 Å². The predicted molar refractivity (Wildman–Crippen MR) is 143 cm³/mol. The molecule has 0 aliphatic rings. The molecule has 2 aromatic heterocycles. The molecule has 0 aliphatic heterocycles. The molecular formula is C29H22BrN3O2.